The van der Waals surface area contributed by atoms with Crippen molar-refractivity contribution >= 4 is 17.4 Å². The summed E-state index contributed by atoms with van der Waals surface area (Å²) >= 11 is 1.67. The highest BCUT2D eigenvalue weighted by Crippen LogP contribution is 2.14. The van der Waals surface area contributed by atoms with Gasteiger partial charge in [0.1, 0.15) is 0 Å². The van der Waals surface area contributed by atoms with Crippen LogP contribution in [-0.4, -0.2) is 12.6 Å². The molecule has 1 aromatic heterocycles. The number of urea groups is 1. The highest BCUT2D eigenvalue weighted by Gasteiger charge is 2.03. The largest absolute Gasteiger partial charge is 0.338 e. The highest BCUT2D eigenvalue weighted by atomic mass is 32.1. The zero-order valence-electron chi connectivity index (χ0n) is 11.7. The summed E-state index contributed by atoms with van der Waals surface area (Å²) in [5.41, 5.74) is 2.54. The van der Waals surface area contributed by atoms with Gasteiger partial charge < -0.3 is 10.6 Å². The second-order valence-electron chi connectivity index (χ2n) is 4.73. The molecule has 0 fully saturated rings. The Morgan fingerprint density at radius 3 is 2.65 bits per heavy atom. The summed E-state index contributed by atoms with van der Waals surface area (Å²) < 4.78 is 0. The molecule has 0 unspecified atom stereocenters. The number of carbonyl (C=O) groups excluding carboxylic acids is 1. The summed E-state index contributed by atoms with van der Waals surface area (Å²) in [5, 5.41) is 7.82. The van der Waals surface area contributed by atoms with Gasteiger partial charge in [-0.05, 0) is 42.3 Å². The Morgan fingerprint density at radius 2 is 1.95 bits per heavy atom. The third-order valence-electron chi connectivity index (χ3n) is 3.15. The molecule has 0 radical (unpaired) electrons. The minimum absolute atomic E-state index is 0.0918. The molecule has 0 aliphatic rings. The molecule has 2 N–H and O–H groups in total. The van der Waals surface area contributed by atoms with Gasteiger partial charge in [-0.15, -0.1) is 11.3 Å². The predicted octanol–water partition coefficient (Wildman–Crippen LogP) is 3.49. The molecule has 2 rings (SSSR count). The third-order valence-corrected chi connectivity index (χ3v) is 4.17. The second kappa shape index (κ2) is 7.70. The van der Waals surface area contributed by atoms with Crippen LogP contribution >= 0.6 is 11.3 Å². The van der Waals surface area contributed by atoms with Gasteiger partial charge in [0, 0.05) is 11.4 Å². The third kappa shape index (κ3) is 4.70. The van der Waals surface area contributed by atoms with E-state index in [0.29, 0.717) is 13.1 Å². The molecule has 0 atom stereocenters. The Balaban J connectivity index is 1.60. The molecule has 2 amide bonds. The number of hydrogen-bond acceptors (Lipinski definition) is 2. The maximum Gasteiger partial charge on any atom is 0.315 e. The molecule has 106 valence electrons. The lowest BCUT2D eigenvalue weighted by Crippen LogP contribution is -2.35. The highest BCUT2D eigenvalue weighted by molar-refractivity contribution is 7.10. The van der Waals surface area contributed by atoms with Crippen molar-refractivity contribution in [1.82, 2.24) is 10.6 Å². The fraction of sp³-hybridized carbons (Fsp3) is 0.312. The van der Waals surface area contributed by atoms with Gasteiger partial charge in [-0.3, -0.25) is 0 Å². The number of nitrogens with one attached hydrogen (secondary N) is 2. The lowest BCUT2D eigenvalue weighted by molar-refractivity contribution is 0.240. The Kier molecular flexibility index (Phi) is 5.62. The normalized spacial score (nSPS) is 10.2. The van der Waals surface area contributed by atoms with Crippen LogP contribution in [-0.2, 0) is 13.0 Å². The lowest BCUT2D eigenvalue weighted by atomic mass is 10.1. The van der Waals surface area contributed by atoms with Crippen molar-refractivity contribution in [2.75, 3.05) is 6.54 Å². The Morgan fingerprint density at radius 1 is 1.15 bits per heavy atom. The van der Waals surface area contributed by atoms with E-state index in [0.717, 1.165) is 12.8 Å². The van der Waals surface area contributed by atoms with E-state index in [2.05, 4.69) is 35.8 Å². The number of amides is 2. The summed E-state index contributed by atoms with van der Waals surface area (Å²) in [6.07, 6.45) is 1.95. The first-order valence-electron chi connectivity index (χ1n) is 6.84. The van der Waals surface area contributed by atoms with Crippen LogP contribution in [0.25, 0.3) is 0 Å². The molecular formula is C16H20N2OS. The standard InChI is InChI=1S/C16H20N2OS/c1-13-9-11-20-15(13)12-18-16(19)17-10-5-8-14-6-3-2-4-7-14/h2-4,6-7,9,11H,5,8,10,12H2,1H3,(H2,17,18,19). The minimum atomic E-state index is -0.0918. The number of carbonyl (C=O) groups is 1. The number of thiophene rings is 1. The number of benzene rings is 1. The van der Waals surface area contributed by atoms with E-state index in [4.69, 9.17) is 0 Å². The van der Waals surface area contributed by atoms with Crippen molar-refractivity contribution < 1.29 is 4.79 Å². The lowest BCUT2D eigenvalue weighted by Gasteiger charge is -2.07. The maximum absolute atomic E-state index is 11.6. The van der Waals surface area contributed by atoms with E-state index in [1.54, 1.807) is 11.3 Å². The minimum Gasteiger partial charge on any atom is -0.338 e. The first kappa shape index (κ1) is 14.6. The van der Waals surface area contributed by atoms with E-state index in [-0.39, 0.29) is 6.03 Å². The molecule has 3 nitrogen and oxygen atoms in total. The molecule has 0 bridgehead atoms. The molecule has 2 aromatic rings. The van der Waals surface area contributed by atoms with Crippen LogP contribution in [0.1, 0.15) is 22.4 Å². The monoisotopic (exact) mass is 288 g/mol. The smallest absolute Gasteiger partial charge is 0.315 e. The van der Waals surface area contributed by atoms with Crippen molar-refractivity contribution in [3.8, 4) is 0 Å². The molecule has 20 heavy (non-hydrogen) atoms. The first-order chi connectivity index (χ1) is 9.75. The van der Waals surface area contributed by atoms with Gasteiger partial charge in [-0.1, -0.05) is 30.3 Å². The number of aryl methyl sites for hydroxylation is 2. The van der Waals surface area contributed by atoms with E-state index in [1.165, 1.54) is 16.0 Å². The zero-order valence-corrected chi connectivity index (χ0v) is 12.5. The maximum atomic E-state index is 11.6. The predicted molar refractivity (Wildman–Crippen MR) is 84.1 cm³/mol. The molecule has 1 aromatic carbocycles. The first-order valence-corrected chi connectivity index (χ1v) is 7.72. The average Bonchev–Trinajstić information content (AvgIpc) is 2.88. The summed E-state index contributed by atoms with van der Waals surface area (Å²) in [5.74, 6) is 0. The SMILES string of the molecule is Cc1ccsc1CNC(=O)NCCCc1ccccc1. The van der Waals surface area contributed by atoms with Gasteiger partial charge in [-0.2, -0.15) is 0 Å². The quantitative estimate of drug-likeness (QED) is 0.785. The Hall–Kier alpha value is -1.81. The van der Waals surface area contributed by atoms with Gasteiger partial charge in [0.15, 0.2) is 0 Å². The van der Waals surface area contributed by atoms with E-state index in [9.17, 15) is 4.79 Å². The van der Waals surface area contributed by atoms with E-state index >= 15 is 0 Å². The van der Waals surface area contributed by atoms with Crippen molar-refractivity contribution in [3.05, 3.63) is 57.8 Å². The van der Waals surface area contributed by atoms with Gasteiger partial charge >= 0.3 is 6.03 Å². The van der Waals surface area contributed by atoms with Gasteiger partial charge in [-0.25, -0.2) is 4.79 Å². The van der Waals surface area contributed by atoms with Gasteiger partial charge in [0.05, 0.1) is 6.54 Å². The van der Waals surface area contributed by atoms with Crippen LogP contribution in [0.2, 0.25) is 0 Å². The summed E-state index contributed by atoms with van der Waals surface area (Å²) in [6.45, 7) is 3.36. The molecule has 0 saturated carbocycles. The Labute approximate surface area is 124 Å². The molecular weight excluding hydrogens is 268 g/mol. The van der Waals surface area contributed by atoms with Gasteiger partial charge in [0.2, 0.25) is 0 Å². The number of hydrogen-bond donors (Lipinski definition) is 2. The summed E-state index contributed by atoms with van der Waals surface area (Å²) in [6, 6.07) is 12.3. The molecule has 4 heteroatoms. The van der Waals surface area contributed by atoms with Crippen LogP contribution in [0.4, 0.5) is 4.79 Å². The van der Waals surface area contributed by atoms with Crippen LogP contribution in [0.3, 0.4) is 0 Å². The summed E-state index contributed by atoms with van der Waals surface area (Å²) in [7, 11) is 0. The number of rotatable bonds is 6. The summed E-state index contributed by atoms with van der Waals surface area (Å²) in [4.78, 5) is 12.9. The second-order valence-corrected chi connectivity index (χ2v) is 5.73. The molecule has 0 saturated heterocycles. The molecule has 0 aliphatic carbocycles. The molecule has 0 spiro atoms. The van der Waals surface area contributed by atoms with Crippen molar-refractivity contribution in [3.63, 3.8) is 0 Å². The van der Waals surface area contributed by atoms with Crippen molar-refractivity contribution in [1.29, 1.82) is 0 Å². The molecule has 0 aliphatic heterocycles. The topological polar surface area (TPSA) is 41.1 Å². The fourth-order valence-electron chi connectivity index (χ4n) is 1.95. The van der Waals surface area contributed by atoms with Crippen LogP contribution in [0.5, 0.6) is 0 Å². The molecule has 1 heterocycles. The van der Waals surface area contributed by atoms with Crippen LogP contribution in [0, 0.1) is 6.92 Å². The van der Waals surface area contributed by atoms with Crippen LogP contribution in [0.15, 0.2) is 41.8 Å². The van der Waals surface area contributed by atoms with E-state index in [1.807, 2.05) is 23.6 Å². The fourth-order valence-corrected chi connectivity index (χ4v) is 2.79. The van der Waals surface area contributed by atoms with Crippen LogP contribution < -0.4 is 10.6 Å². The zero-order chi connectivity index (χ0) is 14.2. The van der Waals surface area contributed by atoms with E-state index < -0.39 is 0 Å². The van der Waals surface area contributed by atoms with Gasteiger partial charge in [0.25, 0.3) is 0 Å². The Bertz CT molecular complexity index is 536. The van der Waals surface area contributed by atoms with Crippen molar-refractivity contribution in [2.45, 2.75) is 26.3 Å². The van der Waals surface area contributed by atoms with Crippen molar-refractivity contribution in [2.24, 2.45) is 0 Å². The average molecular weight is 288 g/mol.